The SMILES string of the molecule is Cc1ccc(C)c(C(=O)CN2CCC(=O)C(C)C2)c1. The van der Waals surface area contributed by atoms with Gasteiger partial charge in [0.15, 0.2) is 5.78 Å². The number of rotatable bonds is 3. The van der Waals surface area contributed by atoms with Crippen molar-refractivity contribution in [2.45, 2.75) is 27.2 Å². The summed E-state index contributed by atoms with van der Waals surface area (Å²) >= 11 is 0. The van der Waals surface area contributed by atoms with Crippen molar-refractivity contribution in [2.75, 3.05) is 19.6 Å². The molecule has 0 aromatic heterocycles. The Hall–Kier alpha value is -1.48. The van der Waals surface area contributed by atoms with Gasteiger partial charge in [0.1, 0.15) is 5.78 Å². The third-order valence-electron chi connectivity index (χ3n) is 3.82. The lowest BCUT2D eigenvalue weighted by Gasteiger charge is -2.29. The molecule has 19 heavy (non-hydrogen) atoms. The predicted octanol–water partition coefficient (Wildman–Crippen LogP) is 2.40. The number of hydrogen-bond acceptors (Lipinski definition) is 3. The van der Waals surface area contributed by atoms with E-state index in [1.807, 2.05) is 39.0 Å². The highest BCUT2D eigenvalue weighted by Crippen LogP contribution is 2.15. The van der Waals surface area contributed by atoms with Gasteiger partial charge in [-0.25, -0.2) is 0 Å². The molecule has 1 aromatic rings. The van der Waals surface area contributed by atoms with Crippen LogP contribution in [0.25, 0.3) is 0 Å². The fraction of sp³-hybridized carbons (Fsp3) is 0.500. The molecule has 1 unspecified atom stereocenters. The fourth-order valence-corrected chi connectivity index (χ4v) is 2.56. The number of Topliss-reactive ketones (excluding diaryl/α,β-unsaturated/α-hetero) is 2. The van der Waals surface area contributed by atoms with E-state index < -0.39 is 0 Å². The number of nitrogens with zero attached hydrogens (tertiary/aromatic N) is 1. The van der Waals surface area contributed by atoms with Gasteiger partial charge in [-0.15, -0.1) is 0 Å². The van der Waals surface area contributed by atoms with E-state index in [1.54, 1.807) is 0 Å². The molecule has 0 aliphatic carbocycles. The molecule has 2 rings (SSSR count). The first-order valence-electron chi connectivity index (χ1n) is 6.83. The van der Waals surface area contributed by atoms with Gasteiger partial charge in [0.2, 0.25) is 0 Å². The molecule has 0 saturated carbocycles. The molecular weight excluding hydrogens is 238 g/mol. The van der Waals surface area contributed by atoms with E-state index in [0.29, 0.717) is 31.8 Å². The van der Waals surface area contributed by atoms with Crippen LogP contribution in [0, 0.1) is 19.8 Å². The zero-order valence-electron chi connectivity index (χ0n) is 11.9. The summed E-state index contributed by atoms with van der Waals surface area (Å²) in [5.74, 6) is 0.526. The van der Waals surface area contributed by atoms with Crippen LogP contribution >= 0.6 is 0 Å². The second-order valence-corrected chi connectivity index (χ2v) is 5.59. The molecule has 1 aromatic carbocycles. The van der Waals surface area contributed by atoms with E-state index in [0.717, 1.165) is 16.7 Å². The number of hydrogen-bond donors (Lipinski definition) is 0. The molecule has 0 N–H and O–H groups in total. The average molecular weight is 259 g/mol. The van der Waals surface area contributed by atoms with E-state index in [2.05, 4.69) is 4.90 Å². The summed E-state index contributed by atoms with van der Waals surface area (Å²) in [5.41, 5.74) is 2.94. The average Bonchev–Trinajstić information content (AvgIpc) is 2.36. The molecule has 0 spiro atoms. The number of benzene rings is 1. The van der Waals surface area contributed by atoms with Crippen LogP contribution in [-0.2, 0) is 4.79 Å². The topological polar surface area (TPSA) is 37.4 Å². The molecule has 1 heterocycles. The number of ketones is 2. The van der Waals surface area contributed by atoms with Crippen LogP contribution in [-0.4, -0.2) is 36.1 Å². The number of piperidine rings is 1. The molecule has 3 nitrogen and oxygen atoms in total. The maximum absolute atomic E-state index is 12.3. The Morgan fingerprint density at radius 3 is 2.79 bits per heavy atom. The van der Waals surface area contributed by atoms with Crippen LogP contribution < -0.4 is 0 Å². The van der Waals surface area contributed by atoms with Gasteiger partial charge in [0, 0.05) is 31.0 Å². The van der Waals surface area contributed by atoms with Gasteiger partial charge in [-0.2, -0.15) is 0 Å². The van der Waals surface area contributed by atoms with Gasteiger partial charge in [0.25, 0.3) is 0 Å². The molecule has 0 amide bonds. The third-order valence-corrected chi connectivity index (χ3v) is 3.82. The Bertz CT molecular complexity index is 507. The van der Waals surface area contributed by atoms with Crippen molar-refractivity contribution in [3.8, 4) is 0 Å². The molecular formula is C16H21NO2. The van der Waals surface area contributed by atoms with Crippen LogP contribution in [0.2, 0.25) is 0 Å². The van der Waals surface area contributed by atoms with Crippen LogP contribution in [0.3, 0.4) is 0 Å². The van der Waals surface area contributed by atoms with Gasteiger partial charge in [-0.3, -0.25) is 14.5 Å². The van der Waals surface area contributed by atoms with Gasteiger partial charge in [-0.05, 0) is 25.5 Å². The largest absolute Gasteiger partial charge is 0.299 e. The quantitative estimate of drug-likeness (QED) is 0.782. The highest BCUT2D eigenvalue weighted by molar-refractivity contribution is 5.99. The summed E-state index contributed by atoms with van der Waals surface area (Å²) in [6.45, 7) is 7.74. The summed E-state index contributed by atoms with van der Waals surface area (Å²) in [6, 6.07) is 5.97. The number of carbonyl (C=O) groups is 2. The first-order chi connectivity index (χ1) is 8.97. The Labute approximate surface area is 114 Å². The molecule has 1 aliphatic heterocycles. The molecule has 0 radical (unpaired) electrons. The Kier molecular flexibility index (Phi) is 4.15. The summed E-state index contributed by atoms with van der Waals surface area (Å²) in [6.07, 6.45) is 0.571. The van der Waals surface area contributed by atoms with Crippen molar-refractivity contribution in [1.29, 1.82) is 0 Å². The van der Waals surface area contributed by atoms with Crippen LogP contribution in [0.4, 0.5) is 0 Å². The highest BCUT2D eigenvalue weighted by atomic mass is 16.1. The molecule has 1 aliphatic rings. The van der Waals surface area contributed by atoms with Crippen molar-refractivity contribution in [3.05, 3.63) is 34.9 Å². The van der Waals surface area contributed by atoms with E-state index in [9.17, 15) is 9.59 Å². The first kappa shape index (κ1) is 13.9. The smallest absolute Gasteiger partial charge is 0.177 e. The number of likely N-dealkylation sites (tertiary alicyclic amines) is 1. The minimum Gasteiger partial charge on any atom is -0.299 e. The van der Waals surface area contributed by atoms with Crippen molar-refractivity contribution in [3.63, 3.8) is 0 Å². The van der Waals surface area contributed by atoms with Gasteiger partial charge < -0.3 is 0 Å². The van der Waals surface area contributed by atoms with Crippen molar-refractivity contribution in [1.82, 2.24) is 4.90 Å². The first-order valence-corrected chi connectivity index (χ1v) is 6.83. The Balaban J connectivity index is 2.05. The monoisotopic (exact) mass is 259 g/mol. The lowest BCUT2D eigenvalue weighted by molar-refractivity contribution is -0.125. The zero-order valence-corrected chi connectivity index (χ0v) is 11.9. The Morgan fingerprint density at radius 2 is 2.11 bits per heavy atom. The molecule has 1 atom stereocenters. The summed E-state index contributed by atoms with van der Waals surface area (Å²) in [7, 11) is 0. The minimum atomic E-state index is 0.0557. The van der Waals surface area contributed by atoms with Crippen molar-refractivity contribution in [2.24, 2.45) is 5.92 Å². The maximum atomic E-state index is 12.3. The van der Waals surface area contributed by atoms with E-state index in [4.69, 9.17) is 0 Å². The van der Waals surface area contributed by atoms with Crippen molar-refractivity contribution < 1.29 is 9.59 Å². The predicted molar refractivity (Wildman–Crippen MR) is 75.5 cm³/mol. The number of carbonyl (C=O) groups excluding carboxylic acids is 2. The Morgan fingerprint density at radius 1 is 1.37 bits per heavy atom. The third kappa shape index (κ3) is 3.29. The highest BCUT2D eigenvalue weighted by Gasteiger charge is 2.25. The maximum Gasteiger partial charge on any atom is 0.177 e. The van der Waals surface area contributed by atoms with Crippen LogP contribution in [0.1, 0.15) is 34.8 Å². The number of aryl methyl sites for hydroxylation is 2. The lowest BCUT2D eigenvalue weighted by Crippen LogP contribution is -2.42. The van der Waals surface area contributed by atoms with E-state index >= 15 is 0 Å². The van der Waals surface area contributed by atoms with E-state index in [1.165, 1.54) is 0 Å². The van der Waals surface area contributed by atoms with Crippen LogP contribution in [0.5, 0.6) is 0 Å². The second kappa shape index (κ2) is 5.66. The summed E-state index contributed by atoms with van der Waals surface area (Å²) < 4.78 is 0. The molecule has 102 valence electrons. The molecule has 1 saturated heterocycles. The molecule has 0 bridgehead atoms. The molecule has 3 heteroatoms. The minimum absolute atomic E-state index is 0.0557. The second-order valence-electron chi connectivity index (χ2n) is 5.59. The van der Waals surface area contributed by atoms with Gasteiger partial charge in [-0.1, -0.05) is 24.6 Å². The summed E-state index contributed by atoms with van der Waals surface area (Å²) in [5, 5.41) is 0. The normalized spacial score (nSPS) is 20.6. The van der Waals surface area contributed by atoms with Crippen molar-refractivity contribution >= 4 is 11.6 Å². The van der Waals surface area contributed by atoms with Gasteiger partial charge >= 0.3 is 0 Å². The standard InChI is InChI=1S/C16H21NO2/c1-11-4-5-12(2)14(8-11)16(19)10-17-7-6-15(18)13(3)9-17/h4-5,8,13H,6-7,9-10H2,1-3H3. The fourth-order valence-electron chi connectivity index (χ4n) is 2.56. The van der Waals surface area contributed by atoms with E-state index in [-0.39, 0.29) is 11.7 Å². The lowest BCUT2D eigenvalue weighted by atomic mass is 9.97. The van der Waals surface area contributed by atoms with Crippen LogP contribution in [0.15, 0.2) is 18.2 Å². The van der Waals surface area contributed by atoms with Gasteiger partial charge in [0.05, 0.1) is 6.54 Å². The molecule has 1 fully saturated rings. The summed E-state index contributed by atoms with van der Waals surface area (Å²) in [4.78, 5) is 25.9. The zero-order chi connectivity index (χ0) is 14.0.